The van der Waals surface area contributed by atoms with Crippen LogP contribution < -0.4 is 10.6 Å². The molecule has 0 atom stereocenters. The highest BCUT2D eigenvalue weighted by molar-refractivity contribution is 5.96. The minimum Gasteiger partial charge on any atom is -0.326 e. The van der Waals surface area contributed by atoms with Crippen LogP contribution in [-0.2, 0) is 9.59 Å². The van der Waals surface area contributed by atoms with E-state index in [4.69, 9.17) is 0 Å². The van der Waals surface area contributed by atoms with Gasteiger partial charge in [-0.05, 0) is 24.1 Å². The first-order valence-corrected chi connectivity index (χ1v) is 5.96. The molecule has 0 aliphatic heterocycles. The lowest BCUT2D eigenvalue weighted by molar-refractivity contribution is -0.167. The summed E-state index contributed by atoms with van der Waals surface area (Å²) in [6.07, 6.45) is -4.64. The van der Waals surface area contributed by atoms with Crippen LogP contribution >= 0.6 is 0 Å². The molecular formula is C13H15F3N2O2. The Morgan fingerprint density at radius 3 is 2.20 bits per heavy atom. The van der Waals surface area contributed by atoms with Crippen LogP contribution in [0.3, 0.4) is 0 Å². The van der Waals surface area contributed by atoms with E-state index in [1.54, 1.807) is 5.32 Å². The molecule has 4 nitrogen and oxygen atoms in total. The number of anilines is 2. The number of carbonyl (C=O) groups is 2. The van der Waals surface area contributed by atoms with Crippen LogP contribution in [0.2, 0.25) is 0 Å². The van der Waals surface area contributed by atoms with Gasteiger partial charge in [0, 0.05) is 17.8 Å². The fourth-order valence-corrected chi connectivity index (χ4v) is 1.46. The number of hydrogen-bond donors (Lipinski definition) is 2. The van der Waals surface area contributed by atoms with Gasteiger partial charge in [-0.25, -0.2) is 0 Å². The highest BCUT2D eigenvalue weighted by Crippen LogP contribution is 2.20. The van der Waals surface area contributed by atoms with Crippen LogP contribution in [0.25, 0.3) is 0 Å². The Hall–Kier alpha value is -2.05. The van der Waals surface area contributed by atoms with E-state index >= 15 is 0 Å². The molecule has 1 aromatic rings. The Morgan fingerprint density at radius 2 is 1.70 bits per heavy atom. The number of rotatable bonds is 4. The zero-order valence-electron chi connectivity index (χ0n) is 11.0. The van der Waals surface area contributed by atoms with Gasteiger partial charge in [-0.15, -0.1) is 0 Å². The lowest BCUT2D eigenvalue weighted by Gasteiger charge is -2.10. The predicted molar refractivity (Wildman–Crippen MR) is 69.2 cm³/mol. The molecule has 0 bridgehead atoms. The fraction of sp³-hybridized carbons (Fsp3) is 0.385. The summed E-state index contributed by atoms with van der Waals surface area (Å²) in [5, 5.41) is 4.28. The van der Waals surface area contributed by atoms with E-state index in [0.717, 1.165) is 0 Å². The summed E-state index contributed by atoms with van der Waals surface area (Å²) in [4.78, 5) is 22.3. The van der Waals surface area contributed by atoms with Gasteiger partial charge in [-0.2, -0.15) is 13.2 Å². The van der Waals surface area contributed by atoms with Crippen molar-refractivity contribution < 1.29 is 22.8 Å². The van der Waals surface area contributed by atoms with Crippen molar-refractivity contribution in [1.82, 2.24) is 0 Å². The monoisotopic (exact) mass is 288 g/mol. The molecule has 0 aliphatic carbocycles. The predicted octanol–water partition coefficient (Wildman–Crippen LogP) is 3.17. The molecule has 0 heterocycles. The molecule has 0 saturated carbocycles. The second-order valence-corrected chi connectivity index (χ2v) is 4.68. The minimum absolute atomic E-state index is 0.0327. The third-order valence-corrected chi connectivity index (χ3v) is 2.26. The van der Waals surface area contributed by atoms with Crippen molar-refractivity contribution in [2.24, 2.45) is 5.92 Å². The second kappa shape index (κ2) is 6.40. The molecule has 0 fully saturated rings. The normalized spacial score (nSPS) is 11.3. The highest BCUT2D eigenvalue weighted by atomic mass is 19.4. The van der Waals surface area contributed by atoms with E-state index in [-0.39, 0.29) is 17.5 Å². The van der Waals surface area contributed by atoms with Gasteiger partial charge in [0.15, 0.2) is 0 Å². The molecule has 2 N–H and O–H groups in total. The summed E-state index contributed by atoms with van der Waals surface area (Å²) in [5.41, 5.74) is 0.297. The SMILES string of the molecule is CC(C)CC(=O)Nc1cccc(NC(=O)C(F)(F)F)c1. The van der Waals surface area contributed by atoms with Crippen molar-refractivity contribution in [3.63, 3.8) is 0 Å². The molecule has 0 saturated heterocycles. The van der Waals surface area contributed by atoms with Crippen molar-refractivity contribution in [3.05, 3.63) is 24.3 Å². The number of hydrogen-bond acceptors (Lipinski definition) is 2. The quantitative estimate of drug-likeness (QED) is 0.894. The summed E-state index contributed by atoms with van der Waals surface area (Å²) >= 11 is 0. The Balaban J connectivity index is 2.71. The molecular weight excluding hydrogens is 273 g/mol. The van der Waals surface area contributed by atoms with E-state index in [2.05, 4.69) is 5.32 Å². The summed E-state index contributed by atoms with van der Waals surface area (Å²) in [7, 11) is 0. The Bertz CT molecular complexity index is 499. The topological polar surface area (TPSA) is 58.2 Å². The van der Waals surface area contributed by atoms with Crippen molar-refractivity contribution in [1.29, 1.82) is 0 Å². The molecule has 7 heteroatoms. The maximum Gasteiger partial charge on any atom is 0.471 e. The van der Waals surface area contributed by atoms with Crippen LogP contribution in [0.5, 0.6) is 0 Å². The molecule has 0 spiro atoms. The largest absolute Gasteiger partial charge is 0.471 e. The van der Waals surface area contributed by atoms with E-state index in [9.17, 15) is 22.8 Å². The van der Waals surface area contributed by atoms with Gasteiger partial charge in [-0.3, -0.25) is 9.59 Å². The van der Waals surface area contributed by atoms with E-state index in [1.807, 2.05) is 13.8 Å². The number of alkyl halides is 3. The first-order chi connectivity index (χ1) is 9.18. The summed E-state index contributed by atoms with van der Waals surface area (Å²) < 4.78 is 36.3. The molecule has 110 valence electrons. The van der Waals surface area contributed by atoms with Gasteiger partial charge >= 0.3 is 12.1 Å². The van der Waals surface area contributed by atoms with E-state index in [1.165, 1.54) is 24.3 Å². The van der Waals surface area contributed by atoms with Gasteiger partial charge in [-0.1, -0.05) is 19.9 Å². The van der Waals surface area contributed by atoms with Crippen LogP contribution in [0, 0.1) is 5.92 Å². The molecule has 20 heavy (non-hydrogen) atoms. The van der Waals surface area contributed by atoms with Gasteiger partial charge in [0.1, 0.15) is 0 Å². The molecule has 1 aromatic carbocycles. The van der Waals surface area contributed by atoms with Crippen LogP contribution in [0.4, 0.5) is 24.5 Å². The smallest absolute Gasteiger partial charge is 0.326 e. The minimum atomic E-state index is -4.95. The van der Waals surface area contributed by atoms with Gasteiger partial charge in [0.05, 0.1) is 0 Å². The van der Waals surface area contributed by atoms with Gasteiger partial charge in [0.25, 0.3) is 0 Å². The molecule has 0 unspecified atom stereocenters. The molecule has 0 radical (unpaired) electrons. The molecule has 2 amide bonds. The molecule has 0 aromatic heterocycles. The first-order valence-electron chi connectivity index (χ1n) is 5.96. The average molecular weight is 288 g/mol. The van der Waals surface area contributed by atoms with Gasteiger partial charge in [0.2, 0.25) is 5.91 Å². The summed E-state index contributed by atoms with van der Waals surface area (Å²) in [6.45, 7) is 3.75. The van der Waals surface area contributed by atoms with E-state index < -0.39 is 12.1 Å². The first kappa shape index (κ1) is 16.0. The standard InChI is InChI=1S/C13H15F3N2O2/c1-8(2)6-11(19)17-9-4-3-5-10(7-9)18-12(20)13(14,15)16/h3-5,7-8H,6H2,1-2H3,(H,17,19)(H,18,20). The molecule has 1 rings (SSSR count). The van der Waals surface area contributed by atoms with Crippen molar-refractivity contribution >= 4 is 23.2 Å². The Kier molecular flexibility index (Phi) is 5.12. The third kappa shape index (κ3) is 5.29. The van der Waals surface area contributed by atoms with Crippen LogP contribution in [0.15, 0.2) is 24.3 Å². The number of amides is 2. The van der Waals surface area contributed by atoms with E-state index in [0.29, 0.717) is 12.1 Å². The Labute approximate surface area is 114 Å². The zero-order chi connectivity index (χ0) is 15.3. The number of carbonyl (C=O) groups excluding carboxylic acids is 2. The maximum absolute atomic E-state index is 12.1. The van der Waals surface area contributed by atoms with Gasteiger partial charge < -0.3 is 10.6 Å². The number of halogens is 3. The lowest BCUT2D eigenvalue weighted by Crippen LogP contribution is -2.29. The van der Waals surface area contributed by atoms with Crippen molar-refractivity contribution in [3.8, 4) is 0 Å². The Morgan fingerprint density at radius 1 is 1.15 bits per heavy atom. The summed E-state index contributed by atoms with van der Waals surface area (Å²) in [6, 6.07) is 5.54. The summed E-state index contributed by atoms with van der Waals surface area (Å²) in [5.74, 6) is -2.12. The van der Waals surface area contributed by atoms with Crippen molar-refractivity contribution in [2.75, 3.05) is 10.6 Å². The average Bonchev–Trinajstić information content (AvgIpc) is 2.26. The number of nitrogens with one attached hydrogen (secondary N) is 2. The van der Waals surface area contributed by atoms with Crippen LogP contribution in [0.1, 0.15) is 20.3 Å². The van der Waals surface area contributed by atoms with Crippen molar-refractivity contribution in [2.45, 2.75) is 26.4 Å². The second-order valence-electron chi connectivity index (χ2n) is 4.68. The third-order valence-electron chi connectivity index (χ3n) is 2.26. The fourth-order valence-electron chi connectivity index (χ4n) is 1.46. The lowest BCUT2D eigenvalue weighted by atomic mass is 10.1. The number of benzene rings is 1. The zero-order valence-corrected chi connectivity index (χ0v) is 11.0. The highest BCUT2D eigenvalue weighted by Gasteiger charge is 2.38. The maximum atomic E-state index is 12.1. The molecule has 0 aliphatic rings. The van der Waals surface area contributed by atoms with Crippen LogP contribution in [-0.4, -0.2) is 18.0 Å².